The lowest BCUT2D eigenvalue weighted by atomic mass is 9.70. The van der Waals surface area contributed by atoms with E-state index in [1.54, 1.807) is 42.4 Å². The smallest absolute Gasteiger partial charge is 0.312 e. The Labute approximate surface area is 266 Å². The fraction of sp³-hybridized carbons (Fsp3) is 0.441. The molecule has 1 spiro atoms. The third-order valence-electron chi connectivity index (χ3n) is 8.93. The number of carbonyl (C=O) groups is 3. The van der Waals surface area contributed by atoms with Gasteiger partial charge in [-0.25, -0.2) is 0 Å². The Morgan fingerprint density at radius 3 is 2.52 bits per heavy atom. The summed E-state index contributed by atoms with van der Waals surface area (Å²) in [6.07, 6.45) is 5.45. The Morgan fingerprint density at radius 1 is 1.16 bits per heavy atom. The second-order valence-electron chi connectivity index (χ2n) is 11.4. The number of hydrogen-bond acceptors (Lipinski definition) is 7. The van der Waals surface area contributed by atoms with E-state index < -0.39 is 54.1 Å². The standard InChI is InChI=1S/C34H39BrN2O7/c1-4-6-7-11-19-43-33(41)27-28-31(39)37(26(21-38)22-12-9-8-10-13-22)30(34(28)20-25(35)29(27)44-34)32(40)36(18-5-2)23-14-16-24(42-3)17-15-23/h4-5,8-10,12-17,25-30,38H,1-2,6-7,11,18-21H2,3H3/t25?,26-,27+,28+,29+,30?,34?/m1/s1. The number of ether oxygens (including phenoxy) is 3. The van der Waals surface area contributed by atoms with Crippen molar-refractivity contribution in [1.82, 2.24) is 4.90 Å². The Balaban J connectivity index is 1.57. The van der Waals surface area contributed by atoms with Gasteiger partial charge in [-0.1, -0.05) is 58.4 Å². The highest BCUT2D eigenvalue weighted by atomic mass is 79.9. The number of likely N-dealkylation sites (tertiary alicyclic amines) is 1. The summed E-state index contributed by atoms with van der Waals surface area (Å²) < 4.78 is 17.6. The minimum atomic E-state index is -1.31. The van der Waals surface area contributed by atoms with Gasteiger partial charge in [0.2, 0.25) is 5.91 Å². The molecule has 1 N–H and O–H groups in total. The number of halogens is 1. The first-order chi connectivity index (χ1) is 21.3. The maximum Gasteiger partial charge on any atom is 0.312 e. The summed E-state index contributed by atoms with van der Waals surface area (Å²) in [5.41, 5.74) is -0.0571. The van der Waals surface area contributed by atoms with Gasteiger partial charge < -0.3 is 29.1 Å². The monoisotopic (exact) mass is 666 g/mol. The highest BCUT2D eigenvalue weighted by molar-refractivity contribution is 9.09. The molecule has 2 aromatic carbocycles. The molecule has 2 aromatic rings. The average Bonchev–Trinajstić information content (AvgIpc) is 3.64. The lowest BCUT2D eigenvalue weighted by Crippen LogP contribution is -2.57. The van der Waals surface area contributed by atoms with E-state index in [-0.39, 0.29) is 23.9 Å². The second kappa shape index (κ2) is 13.7. The molecule has 3 aliphatic rings. The summed E-state index contributed by atoms with van der Waals surface area (Å²) >= 11 is 3.70. The maximum absolute atomic E-state index is 14.8. The van der Waals surface area contributed by atoms with Gasteiger partial charge in [0.25, 0.3) is 5.91 Å². The third-order valence-corrected chi connectivity index (χ3v) is 9.78. The third kappa shape index (κ3) is 5.59. The Hall–Kier alpha value is -3.47. The van der Waals surface area contributed by atoms with E-state index in [0.29, 0.717) is 29.8 Å². The number of methoxy groups -OCH3 is 1. The van der Waals surface area contributed by atoms with Crippen LogP contribution in [0.4, 0.5) is 5.69 Å². The van der Waals surface area contributed by atoms with Crippen molar-refractivity contribution in [3.8, 4) is 5.75 Å². The number of esters is 1. The van der Waals surface area contributed by atoms with Crippen molar-refractivity contribution in [1.29, 1.82) is 0 Å². The Kier molecular flexibility index (Phi) is 9.92. The van der Waals surface area contributed by atoms with Crippen molar-refractivity contribution in [3.05, 3.63) is 85.5 Å². The first-order valence-electron chi connectivity index (χ1n) is 15.0. The minimum absolute atomic E-state index is 0.164. The predicted molar refractivity (Wildman–Crippen MR) is 169 cm³/mol. The first kappa shape index (κ1) is 31.9. The number of aliphatic hydroxyl groups excluding tert-OH is 1. The number of aliphatic hydroxyl groups is 1. The molecule has 3 heterocycles. The van der Waals surface area contributed by atoms with E-state index in [4.69, 9.17) is 14.2 Å². The Bertz CT molecular complexity index is 1370. The van der Waals surface area contributed by atoms with Gasteiger partial charge in [0.1, 0.15) is 17.4 Å². The highest BCUT2D eigenvalue weighted by Crippen LogP contribution is 2.61. The van der Waals surface area contributed by atoms with Crippen LogP contribution >= 0.6 is 15.9 Å². The van der Waals surface area contributed by atoms with Gasteiger partial charge in [-0.05, 0) is 55.5 Å². The van der Waals surface area contributed by atoms with Crippen LogP contribution in [-0.4, -0.2) is 77.2 Å². The van der Waals surface area contributed by atoms with Crippen LogP contribution < -0.4 is 9.64 Å². The number of unbranched alkanes of at least 4 members (excludes halogenated alkanes) is 2. The van der Waals surface area contributed by atoms with Gasteiger partial charge in [0, 0.05) is 17.1 Å². The molecular weight excluding hydrogens is 628 g/mol. The zero-order chi connectivity index (χ0) is 31.4. The van der Waals surface area contributed by atoms with Crippen LogP contribution in [0.25, 0.3) is 0 Å². The molecule has 5 rings (SSSR count). The molecule has 234 valence electrons. The molecule has 3 fully saturated rings. The molecule has 0 radical (unpaired) electrons. The summed E-state index contributed by atoms with van der Waals surface area (Å²) in [7, 11) is 1.56. The summed E-state index contributed by atoms with van der Waals surface area (Å²) in [5, 5.41) is 10.7. The summed E-state index contributed by atoms with van der Waals surface area (Å²) in [6.45, 7) is 7.55. The Morgan fingerprint density at radius 2 is 1.89 bits per heavy atom. The first-order valence-corrected chi connectivity index (χ1v) is 15.9. The fourth-order valence-corrected chi connectivity index (χ4v) is 7.95. The van der Waals surface area contributed by atoms with Gasteiger partial charge in [0.05, 0.1) is 44.3 Å². The number of amides is 2. The van der Waals surface area contributed by atoms with Crippen LogP contribution in [0.15, 0.2) is 79.9 Å². The van der Waals surface area contributed by atoms with E-state index in [1.807, 2.05) is 36.4 Å². The SMILES string of the molecule is C=CCCCCOC(=O)[C@H]1[C@H]2C(=O)N([C@H](CO)c3ccccc3)C(C(=O)N(CC=C)c3ccc(OC)cc3)C23CC(Br)[C@@H]1O3. The number of alkyl halides is 1. The molecule has 3 saturated heterocycles. The van der Waals surface area contributed by atoms with Crippen molar-refractivity contribution < 1.29 is 33.7 Å². The number of carbonyl (C=O) groups excluding carboxylic acids is 3. The molecular formula is C34H39BrN2O7. The molecule has 2 bridgehead atoms. The number of benzene rings is 2. The molecule has 3 aliphatic heterocycles. The number of allylic oxidation sites excluding steroid dienone is 1. The van der Waals surface area contributed by atoms with E-state index in [1.165, 1.54) is 4.90 Å². The zero-order valence-electron chi connectivity index (χ0n) is 24.8. The van der Waals surface area contributed by atoms with Crippen LogP contribution in [0, 0.1) is 11.8 Å². The largest absolute Gasteiger partial charge is 0.497 e. The summed E-state index contributed by atoms with van der Waals surface area (Å²) in [5.74, 6) is -2.52. The lowest BCUT2D eigenvalue weighted by Gasteiger charge is -2.39. The van der Waals surface area contributed by atoms with E-state index in [2.05, 4.69) is 29.1 Å². The van der Waals surface area contributed by atoms with Crippen molar-refractivity contribution in [2.75, 3.05) is 31.8 Å². The van der Waals surface area contributed by atoms with Crippen LogP contribution in [0.1, 0.15) is 37.3 Å². The number of rotatable bonds is 14. The highest BCUT2D eigenvalue weighted by Gasteiger charge is 2.77. The molecule has 7 atom stereocenters. The van der Waals surface area contributed by atoms with Crippen LogP contribution in [0.2, 0.25) is 0 Å². The second-order valence-corrected chi connectivity index (χ2v) is 12.6. The summed E-state index contributed by atoms with van der Waals surface area (Å²) in [6, 6.07) is 14.2. The number of anilines is 1. The van der Waals surface area contributed by atoms with Gasteiger partial charge in [-0.3, -0.25) is 14.4 Å². The number of nitrogens with zero attached hydrogens (tertiary/aromatic N) is 2. The molecule has 0 aromatic heterocycles. The predicted octanol–water partition coefficient (Wildman–Crippen LogP) is 4.60. The number of fused-ring (bicyclic) bond motifs is 1. The molecule has 9 nitrogen and oxygen atoms in total. The summed E-state index contributed by atoms with van der Waals surface area (Å²) in [4.78, 5) is 45.8. The normalized spacial score (nSPS) is 27.5. The van der Waals surface area contributed by atoms with E-state index in [0.717, 1.165) is 12.8 Å². The quantitative estimate of drug-likeness (QED) is 0.136. The molecule has 44 heavy (non-hydrogen) atoms. The topological polar surface area (TPSA) is 106 Å². The van der Waals surface area contributed by atoms with Gasteiger partial charge >= 0.3 is 5.97 Å². The zero-order valence-corrected chi connectivity index (χ0v) is 26.4. The molecule has 3 unspecified atom stereocenters. The van der Waals surface area contributed by atoms with Gasteiger partial charge in [-0.2, -0.15) is 0 Å². The molecule has 0 saturated carbocycles. The van der Waals surface area contributed by atoms with Crippen molar-refractivity contribution >= 4 is 39.4 Å². The number of hydrogen-bond donors (Lipinski definition) is 1. The minimum Gasteiger partial charge on any atom is -0.497 e. The molecule has 10 heteroatoms. The lowest BCUT2D eigenvalue weighted by molar-refractivity contribution is -0.155. The molecule has 2 amide bonds. The van der Waals surface area contributed by atoms with E-state index in [9.17, 15) is 19.5 Å². The van der Waals surface area contributed by atoms with Gasteiger partial charge in [-0.15, -0.1) is 13.2 Å². The average molecular weight is 668 g/mol. The van der Waals surface area contributed by atoms with Crippen LogP contribution in [0.3, 0.4) is 0 Å². The van der Waals surface area contributed by atoms with Gasteiger partial charge in [0.15, 0.2) is 0 Å². The van der Waals surface area contributed by atoms with Crippen LogP contribution in [0.5, 0.6) is 5.75 Å². The van der Waals surface area contributed by atoms with Crippen molar-refractivity contribution in [2.24, 2.45) is 11.8 Å². The molecule has 0 aliphatic carbocycles. The van der Waals surface area contributed by atoms with Crippen molar-refractivity contribution in [3.63, 3.8) is 0 Å². The van der Waals surface area contributed by atoms with Crippen molar-refractivity contribution in [2.45, 2.75) is 54.3 Å². The van der Waals surface area contributed by atoms with Crippen LogP contribution in [-0.2, 0) is 23.9 Å². The maximum atomic E-state index is 14.8. The fourth-order valence-electron chi connectivity index (χ4n) is 7.00. The van der Waals surface area contributed by atoms with E-state index >= 15 is 0 Å².